The van der Waals surface area contributed by atoms with Crippen LogP contribution in [0.25, 0.3) is 0 Å². The van der Waals surface area contributed by atoms with Gasteiger partial charge in [-0.25, -0.2) is 0 Å². The van der Waals surface area contributed by atoms with E-state index in [0.717, 1.165) is 24.2 Å². The molecule has 1 aliphatic rings. The van der Waals surface area contributed by atoms with E-state index in [4.69, 9.17) is 0 Å². The van der Waals surface area contributed by atoms with Crippen LogP contribution >= 0.6 is 0 Å². The summed E-state index contributed by atoms with van der Waals surface area (Å²) in [6.45, 7) is 8.99. The summed E-state index contributed by atoms with van der Waals surface area (Å²) in [6, 6.07) is 8.28. The van der Waals surface area contributed by atoms with E-state index in [0.29, 0.717) is 12.3 Å². The predicted molar refractivity (Wildman–Crippen MR) is 71.3 cm³/mol. The van der Waals surface area contributed by atoms with Crippen molar-refractivity contribution in [3.63, 3.8) is 0 Å². The van der Waals surface area contributed by atoms with Gasteiger partial charge in [0, 0.05) is 18.7 Å². The summed E-state index contributed by atoms with van der Waals surface area (Å²) in [5, 5.41) is 0. The molecule has 1 aromatic carbocycles. The van der Waals surface area contributed by atoms with Gasteiger partial charge in [-0.3, -0.25) is 4.79 Å². The van der Waals surface area contributed by atoms with Crippen LogP contribution in [0, 0.1) is 0 Å². The van der Waals surface area contributed by atoms with Crippen LogP contribution in [0.15, 0.2) is 36.4 Å². The minimum atomic E-state index is 0.169. The van der Waals surface area contributed by atoms with Crippen LogP contribution in [0.3, 0.4) is 0 Å². The normalized spacial score (nSPS) is 16.8. The molecule has 0 N–H and O–H groups in total. The number of nitrogens with zero attached hydrogens (tertiary/aromatic N) is 1. The molecular weight excluding hydrogens is 210 g/mol. The van der Waals surface area contributed by atoms with Gasteiger partial charge in [-0.15, -0.1) is 0 Å². The summed E-state index contributed by atoms with van der Waals surface area (Å²) >= 11 is 0. The second kappa shape index (κ2) is 4.74. The van der Waals surface area contributed by atoms with Gasteiger partial charge in [0.25, 0.3) is 0 Å². The molecule has 1 fully saturated rings. The molecular formula is C15H19NO. The molecule has 2 nitrogen and oxygen atoms in total. The first-order chi connectivity index (χ1) is 8.08. The third kappa shape index (κ3) is 2.57. The average Bonchev–Trinajstić information content (AvgIpc) is 2.29. The van der Waals surface area contributed by atoms with Crippen LogP contribution < -0.4 is 4.90 Å². The van der Waals surface area contributed by atoms with Gasteiger partial charge >= 0.3 is 0 Å². The lowest BCUT2D eigenvalue weighted by Crippen LogP contribution is -2.36. The first kappa shape index (κ1) is 11.9. The molecule has 2 heteroatoms. The van der Waals surface area contributed by atoms with Crippen molar-refractivity contribution in [2.24, 2.45) is 0 Å². The monoisotopic (exact) mass is 229 g/mol. The van der Waals surface area contributed by atoms with Crippen molar-refractivity contribution >= 4 is 11.6 Å². The Labute approximate surface area is 103 Å². The molecule has 0 saturated carbocycles. The van der Waals surface area contributed by atoms with E-state index in [2.05, 4.69) is 32.6 Å². The molecule has 1 aromatic rings. The average molecular weight is 229 g/mol. The highest BCUT2D eigenvalue weighted by molar-refractivity contribution is 5.95. The standard InChI is InChI=1S/C15H19NO/c1-11(2)13-5-4-6-14(10-13)16-8-7-12(3)9-15(16)17/h4-6,10-11H,3,7-9H2,1-2H3. The molecule has 0 radical (unpaired) electrons. The van der Waals surface area contributed by atoms with Crippen molar-refractivity contribution in [2.75, 3.05) is 11.4 Å². The second-order valence-electron chi connectivity index (χ2n) is 4.97. The van der Waals surface area contributed by atoms with Crippen molar-refractivity contribution in [3.05, 3.63) is 42.0 Å². The minimum Gasteiger partial charge on any atom is -0.312 e. The summed E-state index contributed by atoms with van der Waals surface area (Å²) in [6.07, 6.45) is 1.41. The highest BCUT2D eigenvalue weighted by Gasteiger charge is 2.21. The highest BCUT2D eigenvalue weighted by Crippen LogP contribution is 2.26. The van der Waals surface area contributed by atoms with E-state index in [9.17, 15) is 4.79 Å². The van der Waals surface area contributed by atoms with Crippen molar-refractivity contribution in [2.45, 2.75) is 32.6 Å². The van der Waals surface area contributed by atoms with Crippen molar-refractivity contribution in [1.29, 1.82) is 0 Å². The Bertz CT molecular complexity index is 448. The van der Waals surface area contributed by atoms with Gasteiger partial charge in [0.2, 0.25) is 5.91 Å². The van der Waals surface area contributed by atoms with Crippen LogP contribution in [-0.2, 0) is 4.79 Å². The lowest BCUT2D eigenvalue weighted by Gasteiger charge is -2.28. The molecule has 0 atom stereocenters. The summed E-state index contributed by atoms with van der Waals surface area (Å²) in [4.78, 5) is 13.8. The molecule has 2 rings (SSSR count). The maximum atomic E-state index is 12.0. The van der Waals surface area contributed by atoms with Gasteiger partial charge < -0.3 is 4.90 Å². The van der Waals surface area contributed by atoms with E-state index in [1.165, 1.54) is 5.56 Å². The molecule has 0 spiro atoms. The van der Waals surface area contributed by atoms with Crippen molar-refractivity contribution < 1.29 is 4.79 Å². The fourth-order valence-electron chi connectivity index (χ4n) is 2.12. The van der Waals surface area contributed by atoms with E-state index in [-0.39, 0.29) is 5.91 Å². The number of piperidine rings is 1. The molecule has 1 amide bonds. The number of rotatable bonds is 2. The number of carbonyl (C=O) groups excluding carboxylic acids is 1. The van der Waals surface area contributed by atoms with E-state index < -0.39 is 0 Å². The zero-order valence-electron chi connectivity index (χ0n) is 10.6. The van der Waals surface area contributed by atoms with Gasteiger partial charge in [0.05, 0.1) is 0 Å². The van der Waals surface area contributed by atoms with Gasteiger partial charge in [0.1, 0.15) is 0 Å². The second-order valence-corrected chi connectivity index (χ2v) is 4.97. The number of anilines is 1. The van der Waals surface area contributed by atoms with Gasteiger partial charge in [-0.2, -0.15) is 0 Å². The molecule has 17 heavy (non-hydrogen) atoms. The first-order valence-electron chi connectivity index (χ1n) is 6.15. The maximum absolute atomic E-state index is 12.0. The Morgan fingerprint density at radius 3 is 2.76 bits per heavy atom. The minimum absolute atomic E-state index is 0.169. The summed E-state index contributed by atoms with van der Waals surface area (Å²) in [5.41, 5.74) is 3.35. The Kier molecular flexibility index (Phi) is 3.32. The summed E-state index contributed by atoms with van der Waals surface area (Å²) < 4.78 is 0. The van der Waals surface area contributed by atoms with Crippen LogP contribution in [-0.4, -0.2) is 12.5 Å². The summed E-state index contributed by atoms with van der Waals surface area (Å²) in [5.74, 6) is 0.659. The van der Waals surface area contributed by atoms with Crippen molar-refractivity contribution in [3.8, 4) is 0 Å². The van der Waals surface area contributed by atoms with E-state index in [1.807, 2.05) is 17.0 Å². The Hall–Kier alpha value is -1.57. The van der Waals surface area contributed by atoms with Crippen LogP contribution in [0.1, 0.15) is 38.2 Å². The SMILES string of the molecule is C=C1CCN(c2cccc(C(C)C)c2)C(=O)C1. The first-order valence-corrected chi connectivity index (χ1v) is 6.15. The van der Waals surface area contributed by atoms with Gasteiger partial charge in [0.15, 0.2) is 0 Å². The molecule has 1 aliphatic heterocycles. The third-order valence-corrected chi connectivity index (χ3v) is 3.24. The lowest BCUT2D eigenvalue weighted by atomic mass is 10.0. The Balaban J connectivity index is 2.25. The largest absolute Gasteiger partial charge is 0.312 e. The fraction of sp³-hybridized carbons (Fsp3) is 0.400. The number of hydrogen-bond donors (Lipinski definition) is 0. The van der Waals surface area contributed by atoms with E-state index >= 15 is 0 Å². The zero-order valence-corrected chi connectivity index (χ0v) is 10.6. The van der Waals surface area contributed by atoms with E-state index in [1.54, 1.807) is 0 Å². The topological polar surface area (TPSA) is 20.3 Å². The van der Waals surface area contributed by atoms with Crippen LogP contribution in [0.5, 0.6) is 0 Å². The lowest BCUT2D eigenvalue weighted by molar-refractivity contribution is -0.118. The quantitative estimate of drug-likeness (QED) is 0.711. The molecule has 0 aromatic heterocycles. The number of amides is 1. The third-order valence-electron chi connectivity index (χ3n) is 3.24. The zero-order chi connectivity index (χ0) is 12.4. The van der Waals surface area contributed by atoms with Crippen LogP contribution in [0.4, 0.5) is 5.69 Å². The summed E-state index contributed by atoms with van der Waals surface area (Å²) in [7, 11) is 0. The molecule has 90 valence electrons. The fourth-order valence-corrected chi connectivity index (χ4v) is 2.12. The maximum Gasteiger partial charge on any atom is 0.231 e. The molecule has 1 saturated heterocycles. The van der Waals surface area contributed by atoms with Gasteiger partial charge in [-0.05, 0) is 30.0 Å². The number of carbonyl (C=O) groups is 1. The van der Waals surface area contributed by atoms with Crippen molar-refractivity contribution in [1.82, 2.24) is 0 Å². The molecule has 0 bridgehead atoms. The number of hydrogen-bond acceptors (Lipinski definition) is 1. The van der Waals surface area contributed by atoms with Crippen LogP contribution in [0.2, 0.25) is 0 Å². The predicted octanol–water partition coefficient (Wildman–Crippen LogP) is 3.49. The highest BCUT2D eigenvalue weighted by atomic mass is 16.2. The molecule has 0 unspecified atom stereocenters. The molecule has 1 heterocycles. The molecule has 0 aliphatic carbocycles. The smallest absolute Gasteiger partial charge is 0.231 e. The van der Waals surface area contributed by atoms with Gasteiger partial charge in [-0.1, -0.05) is 38.1 Å². The Morgan fingerprint density at radius 2 is 2.12 bits per heavy atom. The Morgan fingerprint density at radius 1 is 1.35 bits per heavy atom. The number of benzene rings is 1.